The van der Waals surface area contributed by atoms with Crippen molar-refractivity contribution in [1.29, 1.82) is 0 Å². The van der Waals surface area contributed by atoms with Gasteiger partial charge in [0.05, 0.1) is 5.56 Å². The Balaban J connectivity index is 1.40. The largest absolute Gasteiger partial charge is 0.350 e. The summed E-state index contributed by atoms with van der Waals surface area (Å²) >= 11 is 0. The Labute approximate surface area is 190 Å². The molecule has 0 saturated carbocycles. The lowest BCUT2D eigenvalue weighted by Crippen LogP contribution is -2.27. The first kappa shape index (κ1) is 21.9. The summed E-state index contributed by atoms with van der Waals surface area (Å²) in [5, 5.41) is 9.62. The van der Waals surface area contributed by atoms with Crippen LogP contribution in [0, 0.1) is 19.7 Å². The van der Waals surface area contributed by atoms with Gasteiger partial charge in [0, 0.05) is 23.6 Å². The smallest absolute Gasteiger partial charge is 0.259 e. The number of carbonyl (C=O) groups is 2. The Morgan fingerprint density at radius 3 is 2.58 bits per heavy atom. The highest BCUT2D eigenvalue weighted by Crippen LogP contribution is 2.22. The number of hydrogen-bond acceptors (Lipinski definition) is 4. The molecule has 0 bridgehead atoms. The third-order valence-corrected chi connectivity index (χ3v) is 5.14. The first-order valence-electron chi connectivity index (χ1n) is 10.4. The third kappa shape index (κ3) is 5.15. The summed E-state index contributed by atoms with van der Waals surface area (Å²) < 4.78 is 16.8. The first-order chi connectivity index (χ1) is 15.9. The van der Waals surface area contributed by atoms with E-state index in [-0.39, 0.29) is 24.2 Å². The highest BCUT2D eigenvalue weighted by molar-refractivity contribution is 6.04. The summed E-state index contributed by atoms with van der Waals surface area (Å²) in [6.45, 7) is 4.02. The predicted molar refractivity (Wildman–Crippen MR) is 121 cm³/mol. The molecule has 0 atom stereocenters. The van der Waals surface area contributed by atoms with Crippen LogP contribution in [0.2, 0.25) is 0 Å². The lowest BCUT2D eigenvalue weighted by atomic mass is 10.2. The summed E-state index contributed by atoms with van der Waals surface area (Å²) in [5.41, 5.74) is 3.50. The Bertz CT molecular complexity index is 1300. The average molecular weight is 446 g/mol. The van der Waals surface area contributed by atoms with E-state index < -0.39 is 5.91 Å². The van der Waals surface area contributed by atoms with E-state index in [0.29, 0.717) is 23.5 Å². The van der Waals surface area contributed by atoms with Gasteiger partial charge in [-0.2, -0.15) is 0 Å². The standard InChI is InChI=1S/C24H23FN6O2/c1-16-11-21(17(2)31(16)20-10-6-9-19(25)12-20)23(33)28-24-27-15-30(29-24)14-22(32)26-13-18-7-4-3-5-8-18/h3-12,15H,13-14H2,1-2H3,(H,26,32)(H,28,29,33). The number of rotatable bonds is 7. The molecule has 8 nitrogen and oxygen atoms in total. The Hall–Kier alpha value is -4.27. The fraction of sp³-hybridized carbons (Fsp3) is 0.167. The summed E-state index contributed by atoms with van der Waals surface area (Å²) in [5.74, 6) is -0.878. The average Bonchev–Trinajstić information content (AvgIpc) is 3.35. The van der Waals surface area contributed by atoms with Gasteiger partial charge < -0.3 is 9.88 Å². The molecule has 4 rings (SSSR count). The van der Waals surface area contributed by atoms with Gasteiger partial charge in [0.25, 0.3) is 5.91 Å². The number of nitrogens with one attached hydrogen (secondary N) is 2. The normalized spacial score (nSPS) is 10.8. The summed E-state index contributed by atoms with van der Waals surface area (Å²) in [7, 11) is 0. The fourth-order valence-electron chi connectivity index (χ4n) is 3.60. The molecule has 0 saturated heterocycles. The van der Waals surface area contributed by atoms with Crippen molar-refractivity contribution in [3.8, 4) is 5.69 Å². The van der Waals surface area contributed by atoms with Crippen molar-refractivity contribution in [3.05, 3.63) is 95.3 Å². The summed E-state index contributed by atoms with van der Waals surface area (Å²) in [6.07, 6.45) is 1.38. The van der Waals surface area contributed by atoms with Gasteiger partial charge in [0.15, 0.2) is 0 Å². The minimum atomic E-state index is -0.392. The number of carbonyl (C=O) groups excluding carboxylic acids is 2. The maximum Gasteiger partial charge on any atom is 0.259 e. The minimum absolute atomic E-state index is 0.0240. The Morgan fingerprint density at radius 1 is 1.03 bits per heavy atom. The number of benzene rings is 2. The molecule has 2 heterocycles. The zero-order chi connectivity index (χ0) is 23.4. The van der Waals surface area contributed by atoms with Crippen molar-refractivity contribution in [1.82, 2.24) is 24.6 Å². The number of anilines is 1. The highest BCUT2D eigenvalue weighted by atomic mass is 19.1. The van der Waals surface area contributed by atoms with Gasteiger partial charge >= 0.3 is 0 Å². The van der Waals surface area contributed by atoms with E-state index in [4.69, 9.17) is 0 Å². The van der Waals surface area contributed by atoms with E-state index in [1.807, 2.05) is 37.3 Å². The van der Waals surface area contributed by atoms with E-state index in [1.54, 1.807) is 29.7 Å². The van der Waals surface area contributed by atoms with Gasteiger partial charge in [-0.3, -0.25) is 14.9 Å². The molecule has 168 valence electrons. The molecule has 0 unspecified atom stereocenters. The summed E-state index contributed by atoms with van der Waals surface area (Å²) in [6, 6.07) is 17.5. The molecule has 0 aliphatic heterocycles. The third-order valence-electron chi connectivity index (χ3n) is 5.14. The Kier molecular flexibility index (Phi) is 6.30. The zero-order valence-electron chi connectivity index (χ0n) is 18.2. The van der Waals surface area contributed by atoms with Crippen LogP contribution < -0.4 is 10.6 Å². The van der Waals surface area contributed by atoms with Crippen LogP contribution in [0.5, 0.6) is 0 Å². The van der Waals surface area contributed by atoms with Gasteiger partial charge in [-0.1, -0.05) is 36.4 Å². The molecule has 2 aromatic heterocycles. The molecule has 2 amide bonds. The van der Waals surface area contributed by atoms with Crippen LogP contribution in [-0.4, -0.2) is 31.1 Å². The second-order valence-corrected chi connectivity index (χ2v) is 7.58. The first-order valence-corrected chi connectivity index (χ1v) is 10.4. The molecular formula is C24H23FN6O2. The van der Waals surface area contributed by atoms with E-state index in [1.165, 1.54) is 23.1 Å². The van der Waals surface area contributed by atoms with E-state index >= 15 is 0 Å². The summed E-state index contributed by atoms with van der Waals surface area (Å²) in [4.78, 5) is 29.1. The topological polar surface area (TPSA) is 93.8 Å². The molecule has 2 aromatic carbocycles. The lowest BCUT2D eigenvalue weighted by Gasteiger charge is -2.10. The van der Waals surface area contributed by atoms with Crippen LogP contribution in [0.1, 0.15) is 27.3 Å². The van der Waals surface area contributed by atoms with Gasteiger partial charge in [-0.05, 0) is 43.7 Å². The highest BCUT2D eigenvalue weighted by Gasteiger charge is 2.18. The zero-order valence-corrected chi connectivity index (χ0v) is 18.2. The van der Waals surface area contributed by atoms with E-state index in [0.717, 1.165) is 11.3 Å². The number of hydrogen-bond donors (Lipinski definition) is 2. The van der Waals surface area contributed by atoms with Crippen LogP contribution >= 0.6 is 0 Å². The number of nitrogens with zero attached hydrogens (tertiary/aromatic N) is 4. The molecule has 0 spiro atoms. The van der Waals surface area contributed by atoms with Crippen LogP contribution in [-0.2, 0) is 17.9 Å². The van der Waals surface area contributed by atoms with Gasteiger partial charge in [0.1, 0.15) is 18.7 Å². The molecule has 0 fully saturated rings. The molecule has 0 radical (unpaired) electrons. The maximum atomic E-state index is 13.7. The predicted octanol–water partition coefficient (Wildman–Crippen LogP) is 3.39. The molecule has 33 heavy (non-hydrogen) atoms. The lowest BCUT2D eigenvalue weighted by molar-refractivity contribution is -0.122. The van der Waals surface area contributed by atoms with Gasteiger partial charge in [-0.15, -0.1) is 5.10 Å². The van der Waals surface area contributed by atoms with E-state index in [2.05, 4.69) is 20.7 Å². The van der Waals surface area contributed by atoms with Crippen LogP contribution in [0.3, 0.4) is 0 Å². The molecule has 0 aliphatic carbocycles. The maximum absolute atomic E-state index is 13.7. The van der Waals surface area contributed by atoms with Gasteiger partial charge in [-0.25, -0.2) is 14.1 Å². The SMILES string of the molecule is Cc1cc(C(=O)Nc2ncn(CC(=O)NCc3ccccc3)n2)c(C)n1-c1cccc(F)c1. The molecule has 4 aromatic rings. The van der Waals surface area contributed by atoms with Crippen LogP contribution in [0.25, 0.3) is 5.69 Å². The molecule has 0 aliphatic rings. The number of aryl methyl sites for hydroxylation is 1. The van der Waals surface area contributed by atoms with Crippen molar-refractivity contribution in [2.75, 3.05) is 5.32 Å². The van der Waals surface area contributed by atoms with Gasteiger partial charge in [0.2, 0.25) is 11.9 Å². The number of halogens is 1. The second kappa shape index (κ2) is 9.47. The van der Waals surface area contributed by atoms with Crippen molar-refractivity contribution in [2.45, 2.75) is 26.9 Å². The van der Waals surface area contributed by atoms with Crippen molar-refractivity contribution in [3.63, 3.8) is 0 Å². The van der Waals surface area contributed by atoms with Crippen molar-refractivity contribution >= 4 is 17.8 Å². The van der Waals surface area contributed by atoms with Crippen molar-refractivity contribution < 1.29 is 14.0 Å². The van der Waals surface area contributed by atoms with E-state index in [9.17, 15) is 14.0 Å². The van der Waals surface area contributed by atoms with Crippen LogP contribution in [0.15, 0.2) is 67.0 Å². The fourth-order valence-corrected chi connectivity index (χ4v) is 3.60. The van der Waals surface area contributed by atoms with Crippen LogP contribution in [0.4, 0.5) is 10.3 Å². The molecule has 2 N–H and O–H groups in total. The number of aromatic nitrogens is 4. The Morgan fingerprint density at radius 2 is 1.82 bits per heavy atom. The molecule has 9 heteroatoms. The molecular weight excluding hydrogens is 423 g/mol. The van der Waals surface area contributed by atoms with Crippen molar-refractivity contribution in [2.24, 2.45) is 0 Å². The monoisotopic (exact) mass is 446 g/mol. The number of amides is 2. The second-order valence-electron chi connectivity index (χ2n) is 7.58. The minimum Gasteiger partial charge on any atom is -0.350 e. The quantitative estimate of drug-likeness (QED) is 0.455.